The first-order chi connectivity index (χ1) is 4.86. The van der Waals surface area contributed by atoms with Crippen LogP contribution >= 0.6 is 0 Å². The van der Waals surface area contributed by atoms with Gasteiger partial charge in [-0.1, -0.05) is 20.3 Å². The Morgan fingerprint density at radius 3 is 2.70 bits per heavy atom. The molecule has 1 aliphatic heterocycles. The molecule has 2 nitrogen and oxygen atoms in total. The number of rotatable bonds is 3. The van der Waals surface area contributed by atoms with Crippen LogP contribution in [0.4, 0.5) is 0 Å². The molecular weight excluding hydrogens is 124 g/mol. The fourth-order valence-electron chi connectivity index (χ4n) is 0.930. The number of hydrogen-bond acceptors (Lipinski definition) is 1. The molecule has 1 rings (SSSR count). The highest BCUT2D eigenvalue weighted by molar-refractivity contribution is 5.96. The van der Waals surface area contributed by atoms with Crippen LogP contribution in [-0.4, -0.2) is 5.71 Å². The van der Waals surface area contributed by atoms with E-state index in [0.717, 1.165) is 30.7 Å². The minimum atomic E-state index is 0.997. The number of hydrogen-bond donors (Lipinski definition) is 0. The largest absolute Gasteiger partial charge is 0.155 e. The Labute approximate surface area is 62.0 Å². The van der Waals surface area contributed by atoms with E-state index in [9.17, 15) is 0 Å². The second kappa shape index (κ2) is 3.40. The van der Waals surface area contributed by atoms with E-state index >= 15 is 0 Å². The molecule has 0 bridgehead atoms. The van der Waals surface area contributed by atoms with E-state index in [1.165, 1.54) is 0 Å². The minimum absolute atomic E-state index is 0.997. The molecule has 0 aromatic heterocycles. The summed E-state index contributed by atoms with van der Waals surface area (Å²) in [6, 6.07) is 0. The molecule has 0 aromatic rings. The van der Waals surface area contributed by atoms with Crippen LogP contribution in [0, 0.1) is 0 Å². The second-order valence-corrected chi connectivity index (χ2v) is 2.43. The molecule has 0 unspecified atom stereocenters. The molecule has 1 heterocycles. The third kappa shape index (κ3) is 1.59. The van der Waals surface area contributed by atoms with Crippen LogP contribution in [0.15, 0.2) is 16.9 Å². The lowest BCUT2D eigenvalue weighted by Crippen LogP contribution is -1.88. The van der Waals surface area contributed by atoms with E-state index in [-0.39, 0.29) is 0 Å². The predicted molar refractivity (Wildman–Crippen MR) is 42.9 cm³/mol. The summed E-state index contributed by atoms with van der Waals surface area (Å²) in [5.74, 6) is 0. The Bertz CT molecular complexity index is 168. The highest BCUT2D eigenvalue weighted by Crippen LogP contribution is 2.08. The SMILES string of the molecule is CCCC1=N[N]C(CC)=C1. The second-order valence-electron chi connectivity index (χ2n) is 2.43. The van der Waals surface area contributed by atoms with Crippen molar-refractivity contribution >= 4 is 5.71 Å². The molecule has 1 aliphatic rings. The van der Waals surface area contributed by atoms with Crippen LogP contribution in [0.2, 0.25) is 0 Å². The van der Waals surface area contributed by atoms with Gasteiger partial charge in [0.25, 0.3) is 0 Å². The normalized spacial score (nSPS) is 16.2. The van der Waals surface area contributed by atoms with Gasteiger partial charge < -0.3 is 0 Å². The minimum Gasteiger partial charge on any atom is -0.155 e. The first-order valence-corrected chi connectivity index (χ1v) is 3.85. The smallest absolute Gasteiger partial charge is 0.0649 e. The molecule has 1 radical (unpaired) electrons. The third-order valence-corrected chi connectivity index (χ3v) is 1.51. The van der Waals surface area contributed by atoms with Gasteiger partial charge in [0, 0.05) is 0 Å². The predicted octanol–water partition coefficient (Wildman–Crippen LogP) is 2.05. The van der Waals surface area contributed by atoms with Crippen molar-refractivity contribution in [3.63, 3.8) is 0 Å². The summed E-state index contributed by atoms with van der Waals surface area (Å²) in [5, 5.41) is 4.03. The highest BCUT2D eigenvalue weighted by Gasteiger charge is 2.05. The summed E-state index contributed by atoms with van der Waals surface area (Å²) < 4.78 is 0. The Hall–Kier alpha value is -0.790. The number of allylic oxidation sites excluding steroid dienone is 2. The quantitative estimate of drug-likeness (QED) is 0.569. The first-order valence-electron chi connectivity index (χ1n) is 3.85. The van der Waals surface area contributed by atoms with E-state index in [0.29, 0.717) is 0 Å². The van der Waals surface area contributed by atoms with Gasteiger partial charge in [-0.3, -0.25) is 0 Å². The lowest BCUT2D eigenvalue weighted by Gasteiger charge is -1.87. The van der Waals surface area contributed by atoms with Crippen LogP contribution in [0.5, 0.6) is 0 Å². The van der Waals surface area contributed by atoms with Crippen molar-refractivity contribution < 1.29 is 0 Å². The highest BCUT2D eigenvalue weighted by atomic mass is 15.3. The lowest BCUT2D eigenvalue weighted by molar-refractivity contribution is 0.832. The maximum atomic E-state index is 4.03. The molecule has 0 N–H and O–H groups in total. The van der Waals surface area contributed by atoms with Gasteiger partial charge in [-0.25, -0.2) is 0 Å². The van der Waals surface area contributed by atoms with Gasteiger partial charge >= 0.3 is 0 Å². The van der Waals surface area contributed by atoms with E-state index in [4.69, 9.17) is 0 Å². The standard InChI is InChI=1S/C8H13N2/c1-3-5-8-6-7(4-2)9-10-8/h6H,3-5H2,1-2H3. The lowest BCUT2D eigenvalue weighted by atomic mass is 10.2. The summed E-state index contributed by atoms with van der Waals surface area (Å²) in [4.78, 5) is 0. The van der Waals surface area contributed by atoms with E-state index in [2.05, 4.69) is 30.5 Å². The average Bonchev–Trinajstić information content (AvgIpc) is 2.37. The van der Waals surface area contributed by atoms with Crippen molar-refractivity contribution in [2.24, 2.45) is 5.10 Å². The van der Waals surface area contributed by atoms with Crippen molar-refractivity contribution in [3.05, 3.63) is 11.8 Å². The molecule has 0 spiro atoms. The fraction of sp³-hybridized carbons (Fsp3) is 0.625. The number of nitrogens with zero attached hydrogens (tertiary/aromatic N) is 2. The molecule has 0 aromatic carbocycles. The molecule has 2 heteroatoms. The zero-order chi connectivity index (χ0) is 7.40. The molecular formula is C8H13N2. The molecule has 0 amide bonds. The van der Waals surface area contributed by atoms with Crippen LogP contribution in [0.1, 0.15) is 33.1 Å². The molecule has 0 aliphatic carbocycles. The van der Waals surface area contributed by atoms with Crippen molar-refractivity contribution in [2.75, 3.05) is 0 Å². The summed E-state index contributed by atoms with van der Waals surface area (Å²) >= 11 is 0. The Morgan fingerprint density at radius 1 is 1.40 bits per heavy atom. The Morgan fingerprint density at radius 2 is 2.20 bits per heavy atom. The maximum Gasteiger partial charge on any atom is 0.0649 e. The Kier molecular flexibility index (Phi) is 2.49. The van der Waals surface area contributed by atoms with E-state index in [1.807, 2.05) is 0 Å². The van der Waals surface area contributed by atoms with Crippen LogP contribution < -0.4 is 5.43 Å². The zero-order valence-electron chi connectivity index (χ0n) is 6.59. The molecule has 10 heavy (non-hydrogen) atoms. The molecule has 55 valence electrons. The summed E-state index contributed by atoms with van der Waals surface area (Å²) in [6.45, 7) is 4.25. The zero-order valence-corrected chi connectivity index (χ0v) is 6.59. The third-order valence-electron chi connectivity index (χ3n) is 1.51. The maximum absolute atomic E-state index is 4.03. The van der Waals surface area contributed by atoms with Gasteiger partial charge in [0.05, 0.1) is 11.4 Å². The molecule has 0 saturated carbocycles. The van der Waals surface area contributed by atoms with Gasteiger partial charge in [0.15, 0.2) is 0 Å². The topological polar surface area (TPSA) is 26.5 Å². The van der Waals surface area contributed by atoms with Gasteiger partial charge in [-0.05, 0) is 18.9 Å². The molecule has 0 saturated heterocycles. The average molecular weight is 137 g/mol. The molecule has 0 fully saturated rings. The fourth-order valence-corrected chi connectivity index (χ4v) is 0.930. The van der Waals surface area contributed by atoms with E-state index < -0.39 is 0 Å². The summed E-state index contributed by atoms with van der Waals surface area (Å²) in [5.41, 5.74) is 6.26. The van der Waals surface area contributed by atoms with Gasteiger partial charge in [-0.2, -0.15) is 10.5 Å². The van der Waals surface area contributed by atoms with Crippen molar-refractivity contribution in [2.45, 2.75) is 33.1 Å². The monoisotopic (exact) mass is 137 g/mol. The van der Waals surface area contributed by atoms with Gasteiger partial charge in [-0.15, -0.1) is 0 Å². The van der Waals surface area contributed by atoms with E-state index in [1.54, 1.807) is 0 Å². The first kappa shape index (κ1) is 7.32. The van der Waals surface area contributed by atoms with Gasteiger partial charge in [0.1, 0.15) is 0 Å². The summed E-state index contributed by atoms with van der Waals surface area (Å²) in [7, 11) is 0. The Balaban J connectivity index is 2.42. The molecule has 0 atom stereocenters. The van der Waals surface area contributed by atoms with Crippen LogP contribution in [-0.2, 0) is 0 Å². The van der Waals surface area contributed by atoms with Crippen molar-refractivity contribution in [1.29, 1.82) is 0 Å². The summed E-state index contributed by atoms with van der Waals surface area (Å²) in [6.07, 6.45) is 5.30. The van der Waals surface area contributed by atoms with Gasteiger partial charge in [0.2, 0.25) is 0 Å². The van der Waals surface area contributed by atoms with Crippen LogP contribution in [0.3, 0.4) is 0 Å². The van der Waals surface area contributed by atoms with Crippen molar-refractivity contribution in [3.8, 4) is 0 Å². The van der Waals surface area contributed by atoms with Crippen molar-refractivity contribution in [1.82, 2.24) is 5.43 Å². The van der Waals surface area contributed by atoms with Crippen LogP contribution in [0.25, 0.3) is 0 Å².